The number of carbonyl (C=O) groups excluding carboxylic acids is 1. The Morgan fingerprint density at radius 3 is 2.70 bits per heavy atom. The summed E-state index contributed by atoms with van der Waals surface area (Å²) >= 11 is 0. The van der Waals surface area contributed by atoms with Gasteiger partial charge in [-0.1, -0.05) is 31.4 Å². The third-order valence-corrected chi connectivity index (χ3v) is 4.03. The first-order chi connectivity index (χ1) is 11.2. The van der Waals surface area contributed by atoms with Crippen molar-refractivity contribution in [2.75, 3.05) is 13.9 Å². The summed E-state index contributed by atoms with van der Waals surface area (Å²) in [6.45, 7) is 4.26. The second-order valence-electron chi connectivity index (χ2n) is 6.10. The fourth-order valence-corrected chi connectivity index (χ4v) is 2.76. The van der Waals surface area contributed by atoms with Gasteiger partial charge in [0.15, 0.2) is 0 Å². The summed E-state index contributed by atoms with van der Waals surface area (Å²) in [5.74, 6) is -0.174. The van der Waals surface area contributed by atoms with Gasteiger partial charge in [-0.25, -0.2) is 4.79 Å². The maximum absolute atomic E-state index is 11.6. The quantitative estimate of drug-likeness (QED) is 0.216. The van der Waals surface area contributed by atoms with E-state index in [4.69, 9.17) is 14.2 Å². The third-order valence-electron chi connectivity index (χ3n) is 4.03. The van der Waals surface area contributed by atoms with Crippen molar-refractivity contribution in [2.24, 2.45) is 0 Å². The van der Waals surface area contributed by atoms with E-state index >= 15 is 0 Å². The summed E-state index contributed by atoms with van der Waals surface area (Å²) in [6, 6.07) is 0. The molecule has 0 aromatic heterocycles. The fourth-order valence-electron chi connectivity index (χ4n) is 2.76. The van der Waals surface area contributed by atoms with Crippen LogP contribution in [0.1, 0.15) is 65.2 Å². The Labute approximate surface area is 140 Å². The van der Waals surface area contributed by atoms with Crippen LogP contribution in [-0.4, -0.2) is 32.1 Å². The van der Waals surface area contributed by atoms with E-state index in [1.54, 1.807) is 7.11 Å². The van der Waals surface area contributed by atoms with Gasteiger partial charge in [0.2, 0.25) is 0 Å². The molecule has 0 radical (unpaired) electrons. The zero-order valence-electron chi connectivity index (χ0n) is 14.9. The summed E-state index contributed by atoms with van der Waals surface area (Å²) in [5.41, 5.74) is 0.787. The normalized spacial score (nSPS) is 19.2. The van der Waals surface area contributed by atoms with Gasteiger partial charge >= 0.3 is 5.97 Å². The maximum Gasteiger partial charge on any atom is 0.334 e. The van der Waals surface area contributed by atoms with Crippen LogP contribution in [0.5, 0.6) is 0 Å². The molecule has 0 saturated carbocycles. The molecule has 23 heavy (non-hydrogen) atoms. The summed E-state index contributed by atoms with van der Waals surface area (Å²) < 4.78 is 15.9. The van der Waals surface area contributed by atoms with Crippen molar-refractivity contribution >= 4 is 5.97 Å². The molecular weight excluding hydrogens is 292 g/mol. The molecular formula is C19H32O4. The molecule has 4 nitrogen and oxygen atoms in total. The molecule has 0 unspecified atom stereocenters. The van der Waals surface area contributed by atoms with Gasteiger partial charge in [0.1, 0.15) is 12.9 Å². The Kier molecular flexibility index (Phi) is 10.7. The van der Waals surface area contributed by atoms with Crippen molar-refractivity contribution in [2.45, 2.75) is 77.4 Å². The van der Waals surface area contributed by atoms with Crippen LogP contribution in [0.15, 0.2) is 23.8 Å². The Morgan fingerprint density at radius 1 is 1.26 bits per heavy atom. The molecule has 0 N–H and O–H groups in total. The maximum atomic E-state index is 11.6. The van der Waals surface area contributed by atoms with E-state index in [-0.39, 0.29) is 18.2 Å². The van der Waals surface area contributed by atoms with Gasteiger partial charge in [-0.3, -0.25) is 0 Å². The number of carbonyl (C=O) groups is 1. The number of unbranched alkanes of at least 4 members (excludes halogenated alkanes) is 4. The van der Waals surface area contributed by atoms with Crippen LogP contribution >= 0.6 is 0 Å². The Hall–Kier alpha value is -1.13. The highest BCUT2D eigenvalue weighted by Crippen LogP contribution is 2.21. The average Bonchev–Trinajstić information content (AvgIpc) is 2.86. The van der Waals surface area contributed by atoms with Crippen LogP contribution in [0.4, 0.5) is 0 Å². The monoisotopic (exact) mass is 324 g/mol. The van der Waals surface area contributed by atoms with Gasteiger partial charge in [0, 0.05) is 12.7 Å². The first kappa shape index (κ1) is 19.9. The number of methoxy groups -OCH3 is 1. The minimum Gasteiger partial charge on any atom is -0.455 e. The van der Waals surface area contributed by atoms with Crippen molar-refractivity contribution in [1.82, 2.24) is 0 Å². The summed E-state index contributed by atoms with van der Waals surface area (Å²) in [7, 11) is 1.64. The summed E-state index contributed by atoms with van der Waals surface area (Å²) in [6.07, 6.45) is 15.0. The zero-order valence-corrected chi connectivity index (χ0v) is 14.9. The Bertz CT molecular complexity index is 387. The largest absolute Gasteiger partial charge is 0.455 e. The molecule has 0 amide bonds. The smallest absolute Gasteiger partial charge is 0.334 e. The summed E-state index contributed by atoms with van der Waals surface area (Å²) in [5, 5.41) is 0. The van der Waals surface area contributed by atoms with Gasteiger partial charge in [-0.15, -0.1) is 0 Å². The summed E-state index contributed by atoms with van der Waals surface area (Å²) in [4.78, 5) is 11.6. The van der Waals surface area contributed by atoms with E-state index in [1.165, 1.54) is 25.7 Å². The lowest BCUT2D eigenvalue weighted by Gasteiger charge is -2.17. The van der Waals surface area contributed by atoms with Crippen LogP contribution in [0.3, 0.4) is 0 Å². The number of allylic oxidation sites excluding steroid dienone is 2. The van der Waals surface area contributed by atoms with E-state index in [1.807, 2.05) is 13.0 Å². The highest BCUT2D eigenvalue weighted by Gasteiger charge is 2.23. The van der Waals surface area contributed by atoms with E-state index < -0.39 is 0 Å². The second-order valence-corrected chi connectivity index (χ2v) is 6.10. The van der Waals surface area contributed by atoms with Crippen LogP contribution in [0, 0.1) is 0 Å². The SMILES string of the molecule is C/C=C/CCCCCC[C@@H](CCC1=C[C@H](C)OC1=O)OCOC. The minimum atomic E-state index is -0.174. The van der Waals surface area contributed by atoms with Gasteiger partial charge in [0.25, 0.3) is 0 Å². The molecule has 132 valence electrons. The second kappa shape index (κ2) is 12.3. The van der Waals surface area contributed by atoms with Crippen LogP contribution < -0.4 is 0 Å². The fraction of sp³-hybridized carbons (Fsp3) is 0.737. The van der Waals surface area contributed by atoms with Gasteiger partial charge in [-0.2, -0.15) is 0 Å². The van der Waals surface area contributed by atoms with Crippen LogP contribution in [0.25, 0.3) is 0 Å². The van der Waals surface area contributed by atoms with Crippen LogP contribution in [-0.2, 0) is 19.0 Å². The zero-order chi connectivity index (χ0) is 16.9. The lowest BCUT2D eigenvalue weighted by molar-refractivity contribution is -0.139. The average molecular weight is 324 g/mol. The predicted octanol–water partition coefficient (Wildman–Crippen LogP) is 4.54. The predicted molar refractivity (Wildman–Crippen MR) is 92.1 cm³/mol. The molecule has 0 aromatic carbocycles. The molecule has 1 aliphatic heterocycles. The third kappa shape index (κ3) is 8.92. The lowest BCUT2D eigenvalue weighted by Crippen LogP contribution is -2.16. The standard InChI is InChI=1S/C19H32O4/c1-4-5-6-7-8-9-10-11-18(22-15-21-3)13-12-17-14-16(2)23-19(17)20/h4-5,14,16,18H,6-13,15H2,1-3H3/b5-4+/t16-,18-/m0/s1. The lowest BCUT2D eigenvalue weighted by atomic mass is 10.0. The minimum absolute atomic E-state index is 0.0898. The molecule has 0 aliphatic carbocycles. The van der Waals surface area contributed by atoms with Crippen molar-refractivity contribution < 1.29 is 19.0 Å². The Balaban J connectivity index is 2.23. The van der Waals surface area contributed by atoms with E-state index in [0.717, 1.165) is 31.3 Å². The van der Waals surface area contributed by atoms with Crippen molar-refractivity contribution in [3.8, 4) is 0 Å². The van der Waals surface area contributed by atoms with Gasteiger partial charge in [0.05, 0.1) is 6.10 Å². The first-order valence-corrected chi connectivity index (χ1v) is 8.80. The van der Waals surface area contributed by atoms with Gasteiger partial charge in [-0.05, 0) is 52.0 Å². The van der Waals surface area contributed by atoms with E-state index in [2.05, 4.69) is 19.1 Å². The molecule has 2 atom stereocenters. The van der Waals surface area contributed by atoms with Crippen molar-refractivity contribution in [3.05, 3.63) is 23.8 Å². The molecule has 0 aromatic rings. The highest BCUT2D eigenvalue weighted by molar-refractivity contribution is 5.90. The molecule has 0 saturated heterocycles. The molecule has 0 spiro atoms. The molecule has 1 aliphatic rings. The number of hydrogen-bond donors (Lipinski definition) is 0. The first-order valence-electron chi connectivity index (χ1n) is 8.80. The van der Waals surface area contributed by atoms with Crippen molar-refractivity contribution in [3.63, 3.8) is 0 Å². The number of ether oxygens (including phenoxy) is 3. The van der Waals surface area contributed by atoms with Gasteiger partial charge < -0.3 is 14.2 Å². The number of rotatable bonds is 13. The number of esters is 1. The highest BCUT2D eigenvalue weighted by atomic mass is 16.7. The van der Waals surface area contributed by atoms with E-state index in [9.17, 15) is 4.79 Å². The van der Waals surface area contributed by atoms with Crippen LogP contribution in [0.2, 0.25) is 0 Å². The topological polar surface area (TPSA) is 44.8 Å². The molecule has 1 heterocycles. The Morgan fingerprint density at radius 2 is 2.04 bits per heavy atom. The molecule has 1 rings (SSSR count). The number of hydrogen-bond acceptors (Lipinski definition) is 4. The molecule has 0 fully saturated rings. The van der Waals surface area contributed by atoms with Crippen molar-refractivity contribution in [1.29, 1.82) is 0 Å². The molecule has 4 heteroatoms. The number of cyclic esters (lactones) is 1. The molecule has 0 bridgehead atoms. The van der Waals surface area contributed by atoms with E-state index in [0.29, 0.717) is 6.79 Å².